The quantitative estimate of drug-likeness (QED) is 0.877. The Kier molecular flexibility index (Phi) is 4.22. The first-order valence-electron chi connectivity index (χ1n) is 6.24. The molecular formula is C15H18N2OS. The molecule has 0 aliphatic heterocycles. The maximum absolute atomic E-state index is 11.1. The van der Waals surface area contributed by atoms with Crippen LogP contribution in [0.1, 0.15) is 30.3 Å². The highest BCUT2D eigenvalue weighted by atomic mass is 32.1. The van der Waals surface area contributed by atoms with Gasteiger partial charge in [-0.05, 0) is 43.0 Å². The van der Waals surface area contributed by atoms with Crippen molar-refractivity contribution in [2.45, 2.75) is 26.8 Å². The van der Waals surface area contributed by atoms with Crippen molar-refractivity contribution in [1.82, 2.24) is 0 Å². The summed E-state index contributed by atoms with van der Waals surface area (Å²) in [7, 11) is 0. The summed E-state index contributed by atoms with van der Waals surface area (Å²) in [6, 6.07) is 10.3. The fraction of sp³-hybridized carbons (Fsp3) is 0.267. The third kappa shape index (κ3) is 3.58. The highest BCUT2D eigenvalue weighted by molar-refractivity contribution is 7.10. The summed E-state index contributed by atoms with van der Waals surface area (Å²) < 4.78 is 0. The molecule has 0 saturated carbocycles. The lowest BCUT2D eigenvalue weighted by molar-refractivity contribution is -0.114. The summed E-state index contributed by atoms with van der Waals surface area (Å²) in [5.41, 5.74) is 3.03. The van der Waals surface area contributed by atoms with E-state index < -0.39 is 0 Å². The molecule has 1 aromatic heterocycles. The fourth-order valence-corrected chi connectivity index (χ4v) is 2.64. The largest absolute Gasteiger partial charge is 0.377 e. The predicted molar refractivity (Wildman–Crippen MR) is 81.8 cm³/mol. The van der Waals surface area contributed by atoms with Gasteiger partial charge in [0.05, 0.1) is 6.04 Å². The normalized spacial score (nSPS) is 11.9. The number of thiophene rings is 1. The maximum Gasteiger partial charge on any atom is 0.221 e. The zero-order chi connectivity index (χ0) is 13.8. The lowest BCUT2D eigenvalue weighted by atomic mass is 10.1. The number of hydrogen-bond donors (Lipinski definition) is 2. The molecule has 100 valence electrons. The van der Waals surface area contributed by atoms with Crippen molar-refractivity contribution in [2.24, 2.45) is 0 Å². The monoisotopic (exact) mass is 274 g/mol. The average Bonchev–Trinajstić information content (AvgIpc) is 2.86. The number of amides is 1. The molecule has 4 heteroatoms. The smallest absolute Gasteiger partial charge is 0.221 e. The van der Waals surface area contributed by atoms with Crippen molar-refractivity contribution in [3.63, 3.8) is 0 Å². The molecule has 0 aliphatic carbocycles. The lowest BCUT2D eigenvalue weighted by Gasteiger charge is -2.17. The van der Waals surface area contributed by atoms with Gasteiger partial charge in [-0.1, -0.05) is 12.1 Å². The van der Waals surface area contributed by atoms with Crippen LogP contribution in [0.2, 0.25) is 0 Å². The van der Waals surface area contributed by atoms with E-state index in [9.17, 15) is 4.79 Å². The summed E-state index contributed by atoms with van der Waals surface area (Å²) in [4.78, 5) is 12.4. The Morgan fingerprint density at radius 2 is 2.11 bits per heavy atom. The van der Waals surface area contributed by atoms with Gasteiger partial charge in [-0.25, -0.2) is 0 Å². The third-order valence-electron chi connectivity index (χ3n) is 2.90. The number of benzene rings is 1. The van der Waals surface area contributed by atoms with Crippen molar-refractivity contribution in [2.75, 3.05) is 10.6 Å². The Balaban J connectivity index is 2.17. The minimum atomic E-state index is -0.0545. The Morgan fingerprint density at radius 3 is 2.74 bits per heavy atom. The number of rotatable bonds is 4. The van der Waals surface area contributed by atoms with E-state index in [1.54, 1.807) is 11.3 Å². The number of nitrogens with one attached hydrogen (secondary N) is 2. The van der Waals surface area contributed by atoms with E-state index in [-0.39, 0.29) is 11.9 Å². The second kappa shape index (κ2) is 5.89. The standard InChI is InChI=1S/C15H18N2OS/c1-10-6-7-13(17-12(3)18)9-14(10)16-11(2)15-5-4-8-19-15/h4-9,11,16H,1-3H3,(H,17,18). The Labute approximate surface area is 117 Å². The Morgan fingerprint density at radius 1 is 1.32 bits per heavy atom. The van der Waals surface area contributed by atoms with Crippen LogP contribution in [0, 0.1) is 6.92 Å². The molecule has 0 aliphatic rings. The predicted octanol–water partition coefficient (Wildman–Crippen LogP) is 4.19. The number of hydrogen-bond acceptors (Lipinski definition) is 3. The van der Waals surface area contributed by atoms with Gasteiger partial charge in [0, 0.05) is 23.2 Å². The minimum absolute atomic E-state index is 0.0545. The number of anilines is 2. The molecule has 1 aromatic carbocycles. The molecule has 2 N–H and O–H groups in total. The van der Waals surface area contributed by atoms with Gasteiger partial charge in [0.2, 0.25) is 5.91 Å². The summed E-state index contributed by atoms with van der Waals surface area (Å²) in [5.74, 6) is -0.0545. The van der Waals surface area contributed by atoms with E-state index >= 15 is 0 Å². The molecule has 2 rings (SSSR count). The fourth-order valence-electron chi connectivity index (χ4n) is 1.90. The Bertz CT molecular complexity index is 564. The number of carbonyl (C=O) groups is 1. The lowest BCUT2D eigenvalue weighted by Crippen LogP contribution is -2.09. The van der Waals surface area contributed by atoms with Crippen LogP contribution < -0.4 is 10.6 Å². The molecule has 0 fully saturated rings. The second-order valence-electron chi connectivity index (χ2n) is 4.59. The molecule has 2 aromatic rings. The van der Waals surface area contributed by atoms with E-state index in [1.165, 1.54) is 11.8 Å². The molecule has 0 bridgehead atoms. The zero-order valence-corrected chi connectivity index (χ0v) is 12.2. The van der Waals surface area contributed by atoms with Crippen molar-refractivity contribution in [3.8, 4) is 0 Å². The van der Waals surface area contributed by atoms with Crippen LogP contribution in [-0.4, -0.2) is 5.91 Å². The molecule has 1 atom stereocenters. The Hall–Kier alpha value is -1.81. The highest BCUT2D eigenvalue weighted by Crippen LogP contribution is 2.27. The number of carbonyl (C=O) groups excluding carboxylic acids is 1. The summed E-state index contributed by atoms with van der Waals surface area (Å²) in [5, 5.41) is 8.37. The molecule has 3 nitrogen and oxygen atoms in total. The topological polar surface area (TPSA) is 41.1 Å². The molecule has 1 heterocycles. The maximum atomic E-state index is 11.1. The van der Waals surface area contributed by atoms with E-state index in [2.05, 4.69) is 42.0 Å². The first-order valence-corrected chi connectivity index (χ1v) is 7.12. The highest BCUT2D eigenvalue weighted by Gasteiger charge is 2.08. The van der Waals surface area contributed by atoms with Gasteiger partial charge in [0.1, 0.15) is 0 Å². The van der Waals surface area contributed by atoms with Crippen LogP contribution in [0.4, 0.5) is 11.4 Å². The van der Waals surface area contributed by atoms with Crippen LogP contribution >= 0.6 is 11.3 Å². The van der Waals surface area contributed by atoms with Gasteiger partial charge in [-0.15, -0.1) is 11.3 Å². The van der Waals surface area contributed by atoms with Crippen LogP contribution in [0.25, 0.3) is 0 Å². The summed E-state index contributed by atoms with van der Waals surface area (Å²) >= 11 is 1.74. The molecule has 1 amide bonds. The molecule has 1 unspecified atom stereocenters. The molecule has 0 saturated heterocycles. The van der Waals surface area contributed by atoms with Gasteiger partial charge in [-0.3, -0.25) is 4.79 Å². The third-order valence-corrected chi connectivity index (χ3v) is 3.95. The number of aryl methyl sites for hydroxylation is 1. The van der Waals surface area contributed by atoms with Crippen LogP contribution in [0.15, 0.2) is 35.7 Å². The van der Waals surface area contributed by atoms with Gasteiger partial charge in [0.15, 0.2) is 0 Å². The summed E-state index contributed by atoms with van der Waals surface area (Å²) in [6.07, 6.45) is 0. The molecule has 19 heavy (non-hydrogen) atoms. The van der Waals surface area contributed by atoms with Crippen molar-refractivity contribution in [3.05, 3.63) is 46.2 Å². The van der Waals surface area contributed by atoms with Crippen molar-refractivity contribution >= 4 is 28.6 Å². The minimum Gasteiger partial charge on any atom is -0.377 e. The van der Waals surface area contributed by atoms with Gasteiger partial charge >= 0.3 is 0 Å². The van der Waals surface area contributed by atoms with Gasteiger partial charge in [-0.2, -0.15) is 0 Å². The van der Waals surface area contributed by atoms with Crippen molar-refractivity contribution in [1.29, 1.82) is 0 Å². The molecule has 0 spiro atoms. The van der Waals surface area contributed by atoms with Crippen LogP contribution in [0.3, 0.4) is 0 Å². The second-order valence-corrected chi connectivity index (χ2v) is 5.57. The van der Waals surface area contributed by atoms with E-state index in [1.807, 2.05) is 18.2 Å². The van der Waals surface area contributed by atoms with Crippen LogP contribution in [0.5, 0.6) is 0 Å². The first kappa shape index (κ1) is 13.6. The van der Waals surface area contributed by atoms with E-state index in [0.717, 1.165) is 16.9 Å². The summed E-state index contributed by atoms with van der Waals surface area (Å²) in [6.45, 7) is 5.71. The van der Waals surface area contributed by atoms with Gasteiger partial charge < -0.3 is 10.6 Å². The average molecular weight is 274 g/mol. The van der Waals surface area contributed by atoms with Crippen LogP contribution in [-0.2, 0) is 4.79 Å². The zero-order valence-electron chi connectivity index (χ0n) is 11.4. The molecule has 0 radical (unpaired) electrons. The van der Waals surface area contributed by atoms with Gasteiger partial charge in [0.25, 0.3) is 0 Å². The molecular weight excluding hydrogens is 256 g/mol. The van der Waals surface area contributed by atoms with E-state index in [0.29, 0.717) is 0 Å². The first-order chi connectivity index (χ1) is 9.06. The van der Waals surface area contributed by atoms with Crippen molar-refractivity contribution < 1.29 is 4.79 Å². The van der Waals surface area contributed by atoms with E-state index in [4.69, 9.17) is 0 Å². The SMILES string of the molecule is CC(=O)Nc1ccc(C)c(NC(C)c2cccs2)c1.